The summed E-state index contributed by atoms with van der Waals surface area (Å²) < 4.78 is 15.5. The molecule has 0 aliphatic carbocycles. The van der Waals surface area contributed by atoms with Crippen molar-refractivity contribution < 1.29 is 4.39 Å². The fourth-order valence-corrected chi connectivity index (χ4v) is 2.04. The van der Waals surface area contributed by atoms with Crippen molar-refractivity contribution in [2.45, 2.75) is 6.42 Å². The van der Waals surface area contributed by atoms with Crippen molar-refractivity contribution in [1.82, 2.24) is 9.47 Å². The van der Waals surface area contributed by atoms with E-state index in [2.05, 4.69) is 4.90 Å². The van der Waals surface area contributed by atoms with Crippen molar-refractivity contribution in [3.05, 3.63) is 35.8 Å². The second-order valence-electron chi connectivity index (χ2n) is 4.45. The van der Waals surface area contributed by atoms with E-state index in [1.807, 2.05) is 38.0 Å². The molecule has 0 atom stereocenters. The van der Waals surface area contributed by atoms with Crippen LogP contribution >= 0.6 is 0 Å². The number of aromatic nitrogens is 1. The predicted molar refractivity (Wildman–Crippen MR) is 65.1 cm³/mol. The summed E-state index contributed by atoms with van der Waals surface area (Å²) >= 11 is 0. The molecule has 0 unspecified atom stereocenters. The van der Waals surface area contributed by atoms with E-state index in [0.717, 1.165) is 18.4 Å². The number of para-hydroxylation sites is 1. The van der Waals surface area contributed by atoms with E-state index in [9.17, 15) is 4.39 Å². The van der Waals surface area contributed by atoms with Gasteiger partial charge in [-0.15, -0.1) is 0 Å². The lowest BCUT2D eigenvalue weighted by Gasteiger charge is -2.07. The van der Waals surface area contributed by atoms with Crippen molar-refractivity contribution >= 4 is 10.9 Å². The largest absolute Gasteiger partial charge is 0.348 e. The maximum Gasteiger partial charge on any atom is 0.147 e. The lowest BCUT2D eigenvalue weighted by Crippen LogP contribution is -2.14. The summed E-state index contributed by atoms with van der Waals surface area (Å²) in [4.78, 5) is 2.14. The molecule has 2 rings (SSSR count). The van der Waals surface area contributed by atoms with Crippen LogP contribution in [0.25, 0.3) is 10.9 Å². The molecule has 16 heavy (non-hydrogen) atoms. The number of aryl methyl sites for hydroxylation is 1. The third kappa shape index (κ3) is 1.95. The summed E-state index contributed by atoms with van der Waals surface area (Å²) in [6.45, 7) is 0.982. The smallest absolute Gasteiger partial charge is 0.147 e. The molecule has 1 aromatic heterocycles. The number of nitrogens with zero attached hydrogens (tertiary/aromatic N) is 2. The van der Waals surface area contributed by atoms with Gasteiger partial charge in [-0.1, -0.05) is 12.1 Å². The van der Waals surface area contributed by atoms with Crippen LogP contribution in [0.5, 0.6) is 0 Å². The molecule has 0 aliphatic heterocycles. The minimum Gasteiger partial charge on any atom is -0.348 e. The van der Waals surface area contributed by atoms with Crippen LogP contribution in [0.15, 0.2) is 24.4 Å². The molecular weight excluding hydrogens is 203 g/mol. The molecule has 1 aromatic carbocycles. The van der Waals surface area contributed by atoms with Crippen LogP contribution in [0.1, 0.15) is 5.56 Å². The van der Waals surface area contributed by atoms with Gasteiger partial charge < -0.3 is 9.47 Å². The first-order valence-electron chi connectivity index (χ1n) is 5.46. The Kier molecular flexibility index (Phi) is 2.97. The van der Waals surface area contributed by atoms with E-state index >= 15 is 0 Å². The average molecular weight is 220 g/mol. The highest BCUT2D eigenvalue weighted by atomic mass is 19.1. The van der Waals surface area contributed by atoms with E-state index in [1.165, 1.54) is 11.6 Å². The van der Waals surface area contributed by atoms with Gasteiger partial charge in [0.25, 0.3) is 0 Å². The van der Waals surface area contributed by atoms with Gasteiger partial charge in [0.2, 0.25) is 0 Å². The van der Waals surface area contributed by atoms with Gasteiger partial charge in [-0.25, -0.2) is 4.39 Å². The average Bonchev–Trinajstić information content (AvgIpc) is 2.54. The molecule has 0 aliphatic rings. The molecule has 0 amide bonds. The normalized spacial score (nSPS) is 11.6. The van der Waals surface area contributed by atoms with Crippen LogP contribution < -0.4 is 0 Å². The van der Waals surface area contributed by atoms with Gasteiger partial charge in [-0.2, -0.15) is 0 Å². The van der Waals surface area contributed by atoms with Crippen molar-refractivity contribution in [3.63, 3.8) is 0 Å². The Hall–Kier alpha value is -1.35. The third-order valence-electron chi connectivity index (χ3n) is 2.86. The molecule has 2 aromatic rings. The van der Waals surface area contributed by atoms with Gasteiger partial charge >= 0.3 is 0 Å². The number of hydrogen-bond donors (Lipinski definition) is 0. The molecule has 1 heterocycles. The summed E-state index contributed by atoms with van der Waals surface area (Å²) in [6, 6.07) is 5.28. The number of halogens is 1. The Bertz CT molecular complexity index is 500. The molecule has 3 heteroatoms. The summed E-state index contributed by atoms with van der Waals surface area (Å²) in [5.41, 5.74) is 1.92. The van der Waals surface area contributed by atoms with Crippen LogP contribution in [-0.4, -0.2) is 30.1 Å². The summed E-state index contributed by atoms with van der Waals surface area (Å²) in [5, 5.41) is 1.03. The molecular formula is C13H17FN2. The molecule has 0 spiro atoms. The highest BCUT2D eigenvalue weighted by molar-refractivity contribution is 5.84. The summed E-state index contributed by atoms with van der Waals surface area (Å²) in [5.74, 6) is -0.142. The van der Waals surface area contributed by atoms with E-state index in [-0.39, 0.29) is 5.82 Å². The Morgan fingerprint density at radius 1 is 1.31 bits per heavy atom. The fourth-order valence-electron chi connectivity index (χ4n) is 2.04. The Morgan fingerprint density at radius 3 is 2.75 bits per heavy atom. The highest BCUT2D eigenvalue weighted by Gasteiger charge is 2.09. The number of hydrogen-bond acceptors (Lipinski definition) is 1. The first kappa shape index (κ1) is 11.1. The zero-order valence-corrected chi connectivity index (χ0v) is 10.00. The standard InChI is InChI=1S/C13H17FN2/c1-15(2)8-7-10-9-16(3)13-11(10)5-4-6-12(13)14/h4-6,9H,7-8H2,1-3H3. The van der Waals surface area contributed by atoms with Gasteiger partial charge in [0.1, 0.15) is 5.82 Å². The molecule has 86 valence electrons. The lowest BCUT2D eigenvalue weighted by molar-refractivity contribution is 0.414. The topological polar surface area (TPSA) is 8.17 Å². The number of rotatable bonds is 3. The zero-order valence-electron chi connectivity index (χ0n) is 10.00. The summed E-state index contributed by atoms with van der Waals surface area (Å²) in [7, 11) is 5.99. The Morgan fingerprint density at radius 2 is 2.06 bits per heavy atom. The van der Waals surface area contributed by atoms with Gasteiger partial charge in [0, 0.05) is 25.2 Å². The fraction of sp³-hybridized carbons (Fsp3) is 0.385. The maximum atomic E-state index is 13.6. The van der Waals surface area contributed by atoms with Crippen LogP contribution in [0.4, 0.5) is 4.39 Å². The number of fused-ring (bicyclic) bond motifs is 1. The second kappa shape index (κ2) is 4.26. The van der Waals surface area contributed by atoms with E-state index in [1.54, 1.807) is 6.07 Å². The first-order chi connectivity index (χ1) is 7.59. The van der Waals surface area contributed by atoms with Crippen LogP contribution in [-0.2, 0) is 13.5 Å². The highest BCUT2D eigenvalue weighted by Crippen LogP contribution is 2.23. The molecule has 0 saturated carbocycles. The van der Waals surface area contributed by atoms with E-state index in [4.69, 9.17) is 0 Å². The van der Waals surface area contributed by atoms with Crippen molar-refractivity contribution in [2.24, 2.45) is 7.05 Å². The maximum absolute atomic E-state index is 13.6. The van der Waals surface area contributed by atoms with Gasteiger partial charge in [0.05, 0.1) is 5.52 Å². The van der Waals surface area contributed by atoms with Gasteiger partial charge in [-0.05, 0) is 32.1 Å². The van der Waals surface area contributed by atoms with Gasteiger partial charge in [0.15, 0.2) is 0 Å². The molecule has 0 radical (unpaired) electrons. The minimum atomic E-state index is -0.142. The molecule has 0 saturated heterocycles. The minimum absolute atomic E-state index is 0.142. The van der Waals surface area contributed by atoms with Crippen molar-refractivity contribution in [3.8, 4) is 0 Å². The molecule has 0 fully saturated rings. The van der Waals surface area contributed by atoms with Crippen LogP contribution in [0.3, 0.4) is 0 Å². The van der Waals surface area contributed by atoms with Crippen molar-refractivity contribution in [2.75, 3.05) is 20.6 Å². The predicted octanol–water partition coefficient (Wildman–Crippen LogP) is 2.42. The summed E-state index contributed by atoms with van der Waals surface area (Å²) in [6.07, 6.45) is 2.98. The second-order valence-corrected chi connectivity index (χ2v) is 4.45. The third-order valence-corrected chi connectivity index (χ3v) is 2.86. The van der Waals surface area contributed by atoms with Crippen LogP contribution in [0, 0.1) is 5.82 Å². The first-order valence-corrected chi connectivity index (χ1v) is 5.46. The van der Waals surface area contributed by atoms with E-state index < -0.39 is 0 Å². The quantitative estimate of drug-likeness (QED) is 0.771. The zero-order chi connectivity index (χ0) is 11.7. The Balaban J connectivity index is 2.43. The molecule has 2 nitrogen and oxygen atoms in total. The Labute approximate surface area is 95.3 Å². The van der Waals surface area contributed by atoms with Crippen molar-refractivity contribution in [1.29, 1.82) is 0 Å². The van der Waals surface area contributed by atoms with Gasteiger partial charge in [-0.3, -0.25) is 0 Å². The number of likely N-dealkylation sites (N-methyl/N-ethyl adjacent to an activating group) is 1. The lowest BCUT2D eigenvalue weighted by atomic mass is 10.1. The van der Waals surface area contributed by atoms with E-state index in [0.29, 0.717) is 5.52 Å². The van der Waals surface area contributed by atoms with Crippen LogP contribution in [0.2, 0.25) is 0 Å². The monoisotopic (exact) mass is 220 g/mol. The molecule has 0 bridgehead atoms. The SMILES string of the molecule is CN(C)CCc1cn(C)c2c(F)cccc12. The number of benzene rings is 1. The molecule has 0 N–H and O–H groups in total.